The van der Waals surface area contributed by atoms with Crippen molar-refractivity contribution in [2.45, 2.75) is 25.7 Å². The minimum absolute atomic E-state index is 0. The third-order valence-corrected chi connectivity index (χ3v) is 3.87. The Bertz CT molecular complexity index is 693. The summed E-state index contributed by atoms with van der Waals surface area (Å²) in [4.78, 5) is 0. The summed E-state index contributed by atoms with van der Waals surface area (Å²) in [6, 6.07) is 14.6. The standard InChI is InChI=1S/C20H26N4O2.2ClH/c21-19(22)15-7-5-9-17(13-15)25-11-3-1-2-4-12-26-18-10-6-8-16(14-18)20(23)24;;/h5-10,13-14H,1-4,11-12H2,(H3,21,22)(H3,23,24);2*1H. The third kappa shape index (κ3) is 8.97. The van der Waals surface area contributed by atoms with Crippen molar-refractivity contribution >= 4 is 36.5 Å². The molecule has 0 radical (unpaired) electrons. The van der Waals surface area contributed by atoms with Gasteiger partial charge in [0.1, 0.15) is 23.2 Å². The van der Waals surface area contributed by atoms with Crippen molar-refractivity contribution in [3.05, 3.63) is 59.7 Å². The molecule has 0 aliphatic rings. The van der Waals surface area contributed by atoms with Crippen molar-refractivity contribution in [3.8, 4) is 11.5 Å². The van der Waals surface area contributed by atoms with E-state index in [1.807, 2.05) is 24.3 Å². The molecule has 2 aromatic carbocycles. The van der Waals surface area contributed by atoms with Gasteiger partial charge < -0.3 is 20.9 Å². The average Bonchev–Trinajstić information content (AvgIpc) is 2.64. The van der Waals surface area contributed by atoms with Gasteiger partial charge in [0, 0.05) is 11.1 Å². The van der Waals surface area contributed by atoms with Crippen molar-refractivity contribution in [1.29, 1.82) is 10.8 Å². The summed E-state index contributed by atoms with van der Waals surface area (Å²) in [6.07, 6.45) is 4.04. The molecule has 2 aromatic rings. The van der Waals surface area contributed by atoms with Gasteiger partial charge in [-0.05, 0) is 49.9 Å². The monoisotopic (exact) mass is 426 g/mol. The van der Waals surface area contributed by atoms with Crippen LogP contribution in [-0.2, 0) is 0 Å². The van der Waals surface area contributed by atoms with Gasteiger partial charge in [0.25, 0.3) is 0 Å². The Hall–Kier alpha value is -2.44. The molecule has 6 nitrogen and oxygen atoms in total. The fraction of sp³-hybridized carbons (Fsp3) is 0.300. The van der Waals surface area contributed by atoms with Crippen LogP contribution in [0, 0.1) is 10.8 Å². The number of benzene rings is 2. The predicted molar refractivity (Wildman–Crippen MR) is 119 cm³/mol. The maximum atomic E-state index is 7.43. The Balaban J connectivity index is 0.00000364. The summed E-state index contributed by atoms with van der Waals surface area (Å²) >= 11 is 0. The van der Waals surface area contributed by atoms with Crippen LogP contribution in [0.4, 0.5) is 0 Å². The third-order valence-electron chi connectivity index (χ3n) is 3.87. The second-order valence-electron chi connectivity index (χ2n) is 5.99. The zero-order chi connectivity index (χ0) is 18.8. The van der Waals surface area contributed by atoms with E-state index < -0.39 is 0 Å². The van der Waals surface area contributed by atoms with E-state index in [0.29, 0.717) is 24.3 Å². The van der Waals surface area contributed by atoms with Crippen LogP contribution in [0.1, 0.15) is 36.8 Å². The molecule has 0 unspecified atom stereocenters. The van der Waals surface area contributed by atoms with Crippen LogP contribution in [0.15, 0.2) is 48.5 Å². The number of nitrogens with two attached hydrogens (primary N) is 2. The van der Waals surface area contributed by atoms with Gasteiger partial charge in [0.15, 0.2) is 0 Å². The van der Waals surface area contributed by atoms with Gasteiger partial charge in [0.2, 0.25) is 0 Å². The van der Waals surface area contributed by atoms with Gasteiger partial charge in [-0.3, -0.25) is 10.8 Å². The molecule has 0 spiro atoms. The molecule has 0 amide bonds. The van der Waals surface area contributed by atoms with Crippen LogP contribution in [0.2, 0.25) is 0 Å². The van der Waals surface area contributed by atoms with Gasteiger partial charge in [-0.15, -0.1) is 24.8 Å². The molecule has 6 N–H and O–H groups in total. The molecular formula is C20H28Cl2N4O2. The van der Waals surface area contributed by atoms with E-state index >= 15 is 0 Å². The second kappa shape index (κ2) is 13.7. The van der Waals surface area contributed by atoms with Gasteiger partial charge in [-0.25, -0.2) is 0 Å². The molecule has 0 aromatic heterocycles. The van der Waals surface area contributed by atoms with Crippen molar-refractivity contribution in [1.82, 2.24) is 0 Å². The normalized spacial score (nSPS) is 9.57. The number of nitrogen functional groups attached to an aromatic ring is 2. The van der Waals surface area contributed by atoms with Crippen molar-refractivity contribution < 1.29 is 9.47 Å². The molecule has 28 heavy (non-hydrogen) atoms. The highest BCUT2D eigenvalue weighted by Gasteiger charge is 2.01. The van der Waals surface area contributed by atoms with Gasteiger partial charge in [0.05, 0.1) is 13.2 Å². The number of unbranched alkanes of at least 4 members (excludes halogenated alkanes) is 3. The van der Waals surface area contributed by atoms with Crippen LogP contribution in [0.3, 0.4) is 0 Å². The van der Waals surface area contributed by atoms with Crippen LogP contribution < -0.4 is 20.9 Å². The van der Waals surface area contributed by atoms with Crippen LogP contribution >= 0.6 is 24.8 Å². The number of amidine groups is 2. The first kappa shape index (κ1) is 25.6. The average molecular weight is 427 g/mol. The summed E-state index contributed by atoms with van der Waals surface area (Å²) in [7, 11) is 0. The molecule has 2 rings (SSSR count). The number of nitrogens with one attached hydrogen (secondary N) is 2. The van der Waals surface area contributed by atoms with E-state index in [9.17, 15) is 0 Å². The number of hydrogen-bond donors (Lipinski definition) is 4. The smallest absolute Gasteiger partial charge is 0.122 e. The summed E-state index contributed by atoms with van der Waals surface area (Å²) in [6.45, 7) is 1.28. The van der Waals surface area contributed by atoms with Gasteiger partial charge >= 0.3 is 0 Å². The van der Waals surface area contributed by atoms with Gasteiger partial charge in [-0.1, -0.05) is 24.3 Å². The topological polar surface area (TPSA) is 118 Å². The largest absolute Gasteiger partial charge is 0.494 e. The first-order chi connectivity index (χ1) is 12.6. The van der Waals surface area contributed by atoms with Crippen LogP contribution in [0.25, 0.3) is 0 Å². The Kier molecular flexibility index (Phi) is 12.5. The lowest BCUT2D eigenvalue weighted by molar-refractivity contribution is 0.287. The zero-order valence-electron chi connectivity index (χ0n) is 15.6. The molecule has 0 heterocycles. The van der Waals surface area contributed by atoms with E-state index in [1.165, 1.54) is 0 Å². The van der Waals surface area contributed by atoms with Crippen molar-refractivity contribution in [2.75, 3.05) is 13.2 Å². The summed E-state index contributed by atoms with van der Waals surface area (Å²) in [5.74, 6) is 1.58. The lowest BCUT2D eigenvalue weighted by atomic mass is 10.2. The Morgan fingerprint density at radius 2 is 1.07 bits per heavy atom. The SMILES string of the molecule is Cl.Cl.N=C(N)c1cccc(OCCCCCCOc2cccc(C(=N)N)c2)c1. The molecule has 8 heteroatoms. The summed E-state index contributed by atoms with van der Waals surface area (Å²) < 4.78 is 11.4. The molecule has 154 valence electrons. The summed E-state index contributed by atoms with van der Waals surface area (Å²) in [5, 5.41) is 14.9. The van der Waals surface area contributed by atoms with Crippen molar-refractivity contribution in [2.24, 2.45) is 11.5 Å². The first-order valence-electron chi connectivity index (χ1n) is 8.71. The first-order valence-corrected chi connectivity index (χ1v) is 8.71. The number of rotatable bonds is 11. The molecule has 0 aliphatic carbocycles. The van der Waals surface area contributed by atoms with E-state index in [0.717, 1.165) is 37.2 Å². The van der Waals surface area contributed by atoms with E-state index in [4.69, 9.17) is 31.8 Å². The van der Waals surface area contributed by atoms with E-state index in [1.54, 1.807) is 24.3 Å². The highest BCUT2D eigenvalue weighted by molar-refractivity contribution is 5.95. The lowest BCUT2D eigenvalue weighted by Crippen LogP contribution is -2.11. The lowest BCUT2D eigenvalue weighted by Gasteiger charge is -2.09. The van der Waals surface area contributed by atoms with E-state index in [2.05, 4.69) is 0 Å². The Morgan fingerprint density at radius 3 is 1.43 bits per heavy atom. The number of hydrogen-bond acceptors (Lipinski definition) is 4. The minimum atomic E-state index is 0. The fourth-order valence-corrected chi connectivity index (χ4v) is 2.44. The highest BCUT2D eigenvalue weighted by atomic mass is 35.5. The van der Waals surface area contributed by atoms with Crippen LogP contribution in [-0.4, -0.2) is 24.9 Å². The number of ether oxygens (including phenoxy) is 2. The highest BCUT2D eigenvalue weighted by Crippen LogP contribution is 2.15. The zero-order valence-corrected chi connectivity index (χ0v) is 17.3. The molecule has 0 atom stereocenters. The van der Waals surface area contributed by atoms with Crippen LogP contribution in [0.5, 0.6) is 11.5 Å². The molecule has 0 bridgehead atoms. The fourth-order valence-electron chi connectivity index (χ4n) is 2.44. The molecule has 0 fully saturated rings. The molecule has 0 saturated carbocycles. The van der Waals surface area contributed by atoms with Gasteiger partial charge in [-0.2, -0.15) is 0 Å². The maximum absolute atomic E-state index is 7.43. The predicted octanol–water partition coefficient (Wildman–Crippen LogP) is 4.12. The number of halogens is 2. The Labute approximate surface area is 178 Å². The summed E-state index contributed by atoms with van der Waals surface area (Å²) in [5.41, 5.74) is 12.3. The second-order valence-corrected chi connectivity index (χ2v) is 5.99. The quantitative estimate of drug-likeness (QED) is 0.245. The molecule has 0 aliphatic heterocycles. The van der Waals surface area contributed by atoms with Crippen molar-refractivity contribution in [3.63, 3.8) is 0 Å². The van der Waals surface area contributed by atoms with E-state index in [-0.39, 0.29) is 36.5 Å². The minimum Gasteiger partial charge on any atom is -0.494 e. The molecular weight excluding hydrogens is 399 g/mol. The maximum Gasteiger partial charge on any atom is 0.122 e. The molecule has 0 saturated heterocycles. The Morgan fingerprint density at radius 1 is 0.679 bits per heavy atom.